The van der Waals surface area contributed by atoms with Gasteiger partial charge in [-0.3, -0.25) is 0 Å². The zero-order valence-corrected chi connectivity index (χ0v) is 13.4. The first-order chi connectivity index (χ1) is 9.90. The van der Waals surface area contributed by atoms with Gasteiger partial charge >= 0.3 is 0 Å². The first-order valence-corrected chi connectivity index (χ1v) is 7.42. The van der Waals surface area contributed by atoms with E-state index in [-0.39, 0.29) is 5.41 Å². The summed E-state index contributed by atoms with van der Waals surface area (Å²) in [5.74, 6) is 0.977. The molecule has 0 spiro atoms. The van der Waals surface area contributed by atoms with Crippen molar-refractivity contribution in [3.63, 3.8) is 0 Å². The molecule has 112 valence electrons. The first kappa shape index (κ1) is 15.6. The Morgan fingerprint density at radius 3 is 2.14 bits per heavy atom. The number of benzene rings is 2. The lowest BCUT2D eigenvalue weighted by atomic mass is 9.86. The van der Waals surface area contributed by atoms with Crippen molar-refractivity contribution in [1.82, 2.24) is 0 Å². The van der Waals surface area contributed by atoms with Crippen LogP contribution >= 0.6 is 0 Å². The molecule has 2 rings (SSSR count). The Labute approximate surface area is 127 Å². The molecule has 0 aliphatic carbocycles. The van der Waals surface area contributed by atoms with Crippen LogP contribution in [0.3, 0.4) is 0 Å². The maximum Gasteiger partial charge on any atom is 0.123 e. The lowest BCUT2D eigenvalue weighted by Crippen LogP contribution is -2.13. The molecule has 0 atom stereocenters. The summed E-state index contributed by atoms with van der Waals surface area (Å²) in [7, 11) is 0. The molecular weight excluding hydrogens is 258 g/mol. The molecule has 0 aliphatic rings. The van der Waals surface area contributed by atoms with Gasteiger partial charge in [-0.1, -0.05) is 57.2 Å². The second-order valence-electron chi connectivity index (χ2n) is 6.56. The third kappa shape index (κ3) is 4.08. The van der Waals surface area contributed by atoms with E-state index in [1.54, 1.807) is 0 Å². The molecule has 0 bridgehead atoms. The highest BCUT2D eigenvalue weighted by atomic mass is 16.5. The fourth-order valence-corrected chi connectivity index (χ4v) is 2.30. The van der Waals surface area contributed by atoms with Gasteiger partial charge < -0.3 is 10.5 Å². The van der Waals surface area contributed by atoms with Gasteiger partial charge in [0.05, 0.1) is 0 Å². The van der Waals surface area contributed by atoms with E-state index in [4.69, 9.17) is 10.5 Å². The molecule has 0 saturated heterocycles. The van der Waals surface area contributed by atoms with Crippen LogP contribution < -0.4 is 10.5 Å². The molecule has 21 heavy (non-hydrogen) atoms. The minimum atomic E-state index is 0.0758. The van der Waals surface area contributed by atoms with Crippen LogP contribution in [0.5, 0.6) is 5.75 Å². The summed E-state index contributed by atoms with van der Waals surface area (Å²) in [6, 6.07) is 14.7. The van der Waals surface area contributed by atoms with Crippen LogP contribution in [-0.4, -0.2) is 0 Å². The van der Waals surface area contributed by atoms with E-state index >= 15 is 0 Å². The van der Waals surface area contributed by atoms with Gasteiger partial charge in [-0.2, -0.15) is 0 Å². The summed E-state index contributed by atoms with van der Waals surface area (Å²) < 4.78 is 6.07. The summed E-state index contributed by atoms with van der Waals surface area (Å²) in [5.41, 5.74) is 10.5. The van der Waals surface area contributed by atoms with Crippen molar-refractivity contribution in [2.24, 2.45) is 5.73 Å². The normalized spacial score (nSPS) is 11.5. The number of rotatable bonds is 4. The SMILES string of the molecule is Cc1ccc(C(C)(C)C)c(OCc2ccc(CN)cc2)c1. The predicted octanol–water partition coefficient (Wildman–Crippen LogP) is 4.33. The Morgan fingerprint density at radius 2 is 1.57 bits per heavy atom. The summed E-state index contributed by atoms with van der Waals surface area (Å²) in [5, 5.41) is 0. The Kier molecular flexibility index (Phi) is 4.69. The standard InChI is InChI=1S/C19H25NO/c1-14-5-10-17(19(2,3)4)18(11-14)21-13-16-8-6-15(12-20)7-9-16/h5-11H,12-13,20H2,1-4H3. The van der Waals surface area contributed by atoms with Gasteiger partial charge in [-0.25, -0.2) is 0 Å². The largest absolute Gasteiger partial charge is 0.489 e. The monoisotopic (exact) mass is 283 g/mol. The zero-order chi connectivity index (χ0) is 15.5. The predicted molar refractivity (Wildman–Crippen MR) is 88.5 cm³/mol. The van der Waals surface area contributed by atoms with Gasteiger partial charge in [0.15, 0.2) is 0 Å². The van der Waals surface area contributed by atoms with Gasteiger partial charge in [0.1, 0.15) is 12.4 Å². The number of aryl methyl sites for hydroxylation is 1. The van der Waals surface area contributed by atoms with Gasteiger partial charge in [0.25, 0.3) is 0 Å². The molecule has 0 unspecified atom stereocenters. The molecule has 0 radical (unpaired) electrons. The van der Waals surface area contributed by atoms with E-state index in [9.17, 15) is 0 Å². The van der Waals surface area contributed by atoms with Crippen molar-refractivity contribution in [2.45, 2.75) is 46.3 Å². The van der Waals surface area contributed by atoms with E-state index in [0.29, 0.717) is 13.2 Å². The smallest absolute Gasteiger partial charge is 0.123 e. The fraction of sp³-hybridized carbons (Fsp3) is 0.368. The molecular formula is C19H25NO. The molecule has 2 aromatic carbocycles. The van der Waals surface area contributed by atoms with Gasteiger partial charge in [-0.15, -0.1) is 0 Å². The van der Waals surface area contributed by atoms with Gasteiger partial charge in [0, 0.05) is 6.54 Å². The highest BCUT2D eigenvalue weighted by Gasteiger charge is 2.18. The quantitative estimate of drug-likeness (QED) is 0.906. The average Bonchev–Trinajstić information content (AvgIpc) is 2.44. The Balaban J connectivity index is 2.17. The first-order valence-electron chi connectivity index (χ1n) is 7.42. The third-order valence-electron chi connectivity index (χ3n) is 3.60. The van der Waals surface area contributed by atoms with E-state index in [0.717, 1.165) is 16.9 Å². The number of hydrogen-bond donors (Lipinski definition) is 1. The van der Waals surface area contributed by atoms with Gasteiger partial charge in [-0.05, 0) is 40.7 Å². The molecule has 0 aromatic heterocycles. The Hall–Kier alpha value is -1.80. The second-order valence-corrected chi connectivity index (χ2v) is 6.56. The molecule has 0 fully saturated rings. The number of ether oxygens (including phenoxy) is 1. The van der Waals surface area contributed by atoms with Crippen LogP contribution in [0.4, 0.5) is 0 Å². The molecule has 2 aromatic rings. The maximum atomic E-state index is 6.07. The van der Waals surface area contributed by atoms with Crippen molar-refractivity contribution in [2.75, 3.05) is 0 Å². The highest BCUT2D eigenvalue weighted by molar-refractivity contribution is 5.41. The summed E-state index contributed by atoms with van der Waals surface area (Å²) in [4.78, 5) is 0. The van der Waals surface area contributed by atoms with Crippen LogP contribution in [-0.2, 0) is 18.6 Å². The molecule has 0 aliphatic heterocycles. The third-order valence-corrected chi connectivity index (χ3v) is 3.60. The summed E-state index contributed by atoms with van der Waals surface area (Å²) >= 11 is 0. The van der Waals surface area contributed by atoms with Crippen molar-refractivity contribution < 1.29 is 4.74 Å². The van der Waals surface area contributed by atoms with Crippen LogP contribution in [0.1, 0.15) is 43.0 Å². The molecule has 0 saturated carbocycles. The van der Waals surface area contributed by atoms with Crippen LogP contribution in [0.2, 0.25) is 0 Å². The average molecular weight is 283 g/mol. The lowest BCUT2D eigenvalue weighted by molar-refractivity contribution is 0.297. The van der Waals surface area contributed by atoms with Crippen molar-refractivity contribution in [3.05, 3.63) is 64.7 Å². The minimum absolute atomic E-state index is 0.0758. The van der Waals surface area contributed by atoms with E-state index in [1.807, 2.05) is 0 Å². The van der Waals surface area contributed by atoms with E-state index in [2.05, 4.69) is 70.2 Å². The number of hydrogen-bond acceptors (Lipinski definition) is 2. The molecule has 2 nitrogen and oxygen atoms in total. The summed E-state index contributed by atoms with van der Waals surface area (Å²) in [6.45, 7) is 9.88. The van der Waals surface area contributed by atoms with Crippen molar-refractivity contribution >= 4 is 0 Å². The Morgan fingerprint density at radius 1 is 0.952 bits per heavy atom. The van der Waals surface area contributed by atoms with E-state index < -0.39 is 0 Å². The molecule has 0 heterocycles. The van der Waals surface area contributed by atoms with Gasteiger partial charge in [0.2, 0.25) is 0 Å². The molecule has 2 N–H and O–H groups in total. The topological polar surface area (TPSA) is 35.2 Å². The van der Waals surface area contributed by atoms with Crippen LogP contribution in [0.25, 0.3) is 0 Å². The van der Waals surface area contributed by atoms with Crippen molar-refractivity contribution in [3.8, 4) is 5.75 Å². The second kappa shape index (κ2) is 6.31. The zero-order valence-electron chi connectivity index (χ0n) is 13.4. The Bertz CT molecular complexity index is 594. The summed E-state index contributed by atoms with van der Waals surface area (Å²) in [6.07, 6.45) is 0. The van der Waals surface area contributed by atoms with E-state index in [1.165, 1.54) is 11.1 Å². The molecule has 0 amide bonds. The number of nitrogens with two attached hydrogens (primary N) is 1. The minimum Gasteiger partial charge on any atom is -0.489 e. The lowest BCUT2D eigenvalue weighted by Gasteiger charge is -2.23. The highest BCUT2D eigenvalue weighted by Crippen LogP contribution is 2.32. The van der Waals surface area contributed by atoms with Crippen LogP contribution in [0, 0.1) is 6.92 Å². The maximum absolute atomic E-state index is 6.07. The van der Waals surface area contributed by atoms with Crippen LogP contribution in [0.15, 0.2) is 42.5 Å². The molecule has 2 heteroatoms. The fourth-order valence-electron chi connectivity index (χ4n) is 2.30. The van der Waals surface area contributed by atoms with Crippen molar-refractivity contribution in [1.29, 1.82) is 0 Å².